The summed E-state index contributed by atoms with van der Waals surface area (Å²) in [6, 6.07) is 0. The maximum absolute atomic E-state index is 8.91. The molecule has 0 aromatic carbocycles. The molecule has 1 unspecified atom stereocenters. The Morgan fingerprint density at radius 3 is 2.75 bits per heavy atom. The minimum absolute atomic E-state index is 1.30. The summed E-state index contributed by atoms with van der Waals surface area (Å²) in [5.74, 6) is 0. The van der Waals surface area contributed by atoms with Crippen LogP contribution < -0.4 is 5.32 Å². The van der Waals surface area contributed by atoms with Gasteiger partial charge in [0.1, 0.15) is 0 Å². The van der Waals surface area contributed by atoms with E-state index in [0.717, 1.165) is 0 Å². The molecule has 0 aliphatic carbocycles. The minimum Gasteiger partial charge on any atom is -0.358 e. The maximum atomic E-state index is 8.91. The summed E-state index contributed by atoms with van der Waals surface area (Å²) in [4.78, 5) is 3.56. The van der Waals surface area contributed by atoms with Crippen LogP contribution in [0.5, 0.6) is 0 Å². The van der Waals surface area contributed by atoms with Gasteiger partial charge in [-0.15, -0.1) is 12.6 Å². The number of aliphatic hydroxyl groups is 1. The van der Waals surface area contributed by atoms with Crippen molar-refractivity contribution in [1.29, 1.82) is 0 Å². The van der Waals surface area contributed by atoms with Crippen molar-refractivity contribution in [3.63, 3.8) is 0 Å². The van der Waals surface area contributed by atoms with E-state index in [4.69, 9.17) is 5.11 Å². The molecule has 0 aromatic rings. The zero-order chi connectivity index (χ0) is 6.04. The first kappa shape index (κ1) is 5.65. The van der Waals surface area contributed by atoms with E-state index >= 15 is 0 Å². The molecule has 4 heteroatoms. The summed E-state index contributed by atoms with van der Waals surface area (Å²) in [6.07, 6.45) is 4.39. The summed E-state index contributed by atoms with van der Waals surface area (Å²) < 4.78 is 0. The third-order valence-electron chi connectivity index (χ3n) is 0.732. The van der Waals surface area contributed by atoms with Gasteiger partial charge in [0.15, 0.2) is 0 Å². The van der Waals surface area contributed by atoms with Crippen LogP contribution in [0.25, 0.3) is 0 Å². The summed E-state index contributed by atoms with van der Waals surface area (Å²) in [5, 5.41) is 10.3. The molecule has 0 bridgehead atoms. The van der Waals surface area contributed by atoms with Crippen LogP contribution >= 0.6 is 12.6 Å². The standard InChI is InChI=1S/C4H6N2OS/c7-4(8)1-2-5-3-6-4/h1-3,7-8H,(H,5,6). The van der Waals surface area contributed by atoms with Crippen molar-refractivity contribution in [2.24, 2.45) is 4.99 Å². The van der Waals surface area contributed by atoms with Crippen molar-refractivity contribution >= 4 is 19.0 Å². The highest BCUT2D eigenvalue weighted by Crippen LogP contribution is 2.13. The number of aliphatic imine (C=N–C) groups is 1. The third-order valence-corrected chi connectivity index (χ3v) is 0.997. The van der Waals surface area contributed by atoms with E-state index in [1.165, 1.54) is 12.4 Å². The molecule has 0 amide bonds. The van der Waals surface area contributed by atoms with Crippen LogP contribution in [-0.2, 0) is 0 Å². The van der Waals surface area contributed by atoms with E-state index in [1.807, 2.05) is 0 Å². The summed E-state index contributed by atoms with van der Waals surface area (Å²) in [6.45, 7) is 0. The van der Waals surface area contributed by atoms with Crippen LogP contribution in [0.2, 0.25) is 0 Å². The van der Waals surface area contributed by atoms with Crippen LogP contribution in [0, 0.1) is 0 Å². The van der Waals surface area contributed by atoms with Gasteiger partial charge in [0, 0.05) is 6.20 Å². The van der Waals surface area contributed by atoms with Gasteiger partial charge < -0.3 is 10.4 Å². The molecule has 1 rings (SSSR count). The van der Waals surface area contributed by atoms with Gasteiger partial charge in [-0.2, -0.15) is 0 Å². The van der Waals surface area contributed by atoms with Crippen LogP contribution in [0.3, 0.4) is 0 Å². The van der Waals surface area contributed by atoms with Gasteiger partial charge in [-0.25, -0.2) is 4.99 Å². The zero-order valence-electron chi connectivity index (χ0n) is 4.07. The van der Waals surface area contributed by atoms with Gasteiger partial charge >= 0.3 is 0 Å². The number of thiol groups is 1. The van der Waals surface area contributed by atoms with Crippen LogP contribution in [0.15, 0.2) is 17.3 Å². The highest BCUT2D eigenvalue weighted by atomic mass is 32.1. The molecule has 3 nitrogen and oxygen atoms in total. The van der Waals surface area contributed by atoms with Crippen LogP contribution in [-0.4, -0.2) is 16.5 Å². The molecule has 2 N–H and O–H groups in total. The van der Waals surface area contributed by atoms with Crippen LogP contribution in [0.1, 0.15) is 0 Å². The fourth-order valence-corrected chi connectivity index (χ4v) is 0.511. The maximum Gasteiger partial charge on any atom is 0.224 e. The molecule has 0 saturated carbocycles. The van der Waals surface area contributed by atoms with E-state index in [2.05, 4.69) is 22.9 Å². The first-order chi connectivity index (χ1) is 3.71. The quantitative estimate of drug-likeness (QED) is 0.311. The van der Waals surface area contributed by atoms with Crippen molar-refractivity contribution in [2.45, 2.75) is 5.06 Å². The van der Waals surface area contributed by atoms with Gasteiger partial charge in [0.2, 0.25) is 5.06 Å². The van der Waals surface area contributed by atoms with E-state index in [-0.39, 0.29) is 0 Å². The second-order valence-corrected chi connectivity index (χ2v) is 2.10. The molecular weight excluding hydrogens is 124 g/mol. The lowest BCUT2D eigenvalue weighted by Gasteiger charge is -2.13. The number of hydrogen-bond donors (Lipinski definition) is 3. The molecule has 0 fully saturated rings. The lowest BCUT2D eigenvalue weighted by atomic mass is 10.5. The highest BCUT2D eigenvalue weighted by molar-refractivity contribution is 7.81. The second-order valence-electron chi connectivity index (χ2n) is 1.45. The molecule has 1 heterocycles. The van der Waals surface area contributed by atoms with Gasteiger partial charge in [-0.1, -0.05) is 0 Å². The van der Waals surface area contributed by atoms with Gasteiger partial charge in [-0.05, 0) is 6.08 Å². The molecular formula is C4H6N2OS. The lowest BCUT2D eigenvalue weighted by molar-refractivity contribution is 0.199. The molecule has 1 aliphatic rings. The van der Waals surface area contributed by atoms with Crippen molar-refractivity contribution in [1.82, 2.24) is 5.32 Å². The lowest BCUT2D eigenvalue weighted by Crippen LogP contribution is -2.21. The van der Waals surface area contributed by atoms with E-state index < -0.39 is 5.06 Å². The summed E-state index contributed by atoms with van der Waals surface area (Å²) in [7, 11) is 0. The highest BCUT2D eigenvalue weighted by Gasteiger charge is 2.14. The fraction of sp³-hybridized carbons (Fsp3) is 0.250. The Morgan fingerprint density at radius 1 is 1.75 bits per heavy atom. The van der Waals surface area contributed by atoms with Crippen molar-refractivity contribution in [2.75, 3.05) is 0 Å². The molecule has 44 valence electrons. The Bertz CT molecular complexity index is 127. The SMILES string of the molecule is OC1(S)C=CNC=N1. The summed E-state index contributed by atoms with van der Waals surface area (Å²) >= 11 is 3.75. The Labute approximate surface area is 52.5 Å². The molecule has 0 aromatic heterocycles. The Balaban J connectivity index is 2.69. The third kappa shape index (κ3) is 1.24. The fourth-order valence-electron chi connectivity index (χ4n) is 0.378. The number of rotatable bonds is 0. The monoisotopic (exact) mass is 130 g/mol. The topological polar surface area (TPSA) is 44.6 Å². The molecule has 0 spiro atoms. The Morgan fingerprint density at radius 2 is 2.50 bits per heavy atom. The number of hydrogen-bond acceptors (Lipinski definition) is 4. The van der Waals surface area contributed by atoms with Crippen LogP contribution in [0.4, 0.5) is 0 Å². The number of nitrogens with zero attached hydrogens (tertiary/aromatic N) is 1. The minimum atomic E-state index is -1.30. The molecule has 0 radical (unpaired) electrons. The Hall–Kier alpha value is -0.480. The largest absolute Gasteiger partial charge is 0.358 e. The Kier molecular flexibility index (Phi) is 1.27. The van der Waals surface area contributed by atoms with Crippen molar-refractivity contribution in [3.05, 3.63) is 12.3 Å². The molecule has 1 aliphatic heterocycles. The number of nitrogens with one attached hydrogen (secondary N) is 1. The first-order valence-electron chi connectivity index (χ1n) is 2.13. The average Bonchev–Trinajstić information content (AvgIpc) is 1.65. The van der Waals surface area contributed by atoms with Gasteiger partial charge in [0.25, 0.3) is 0 Å². The molecule has 1 atom stereocenters. The van der Waals surface area contributed by atoms with Gasteiger partial charge in [0.05, 0.1) is 6.34 Å². The predicted molar refractivity (Wildman–Crippen MR) is 34.7 cm³/mol. The van der Waals surface area contributed by atoms with Gasteiger partial charge in [-0.3, -0.25) is 0 Å². The zero-order valence-corrected chi connectivity index (χ0v) is 4.97. The van der Waals surface area contributed by atoms with E-state index in [9.17, 15) is 0 Å². The van der Waals surface area contributed by atoms with E-state index in [1.54, 1.807) is 6.20 Å². The normalized spacial score (nSPS) is 34.8. The van der Waals surface area contributed by atoms with Crippen molar-refractivity contribution < 1.29 is 5.11 Å². The summed E-state index contributed by atoms with van der Waals surface area (Å²) in [5.41, 5.74) is 0. The van der Waals surface area contributed by atoms with Crippen molar-refractivity contribution in [3.8, 4) is 0 Å². The predicted octanol–water partition coefficient (Wildman–Crippen LogP) is -0.293. The second kappa shape index (κ2) is 1.80. The average molecular weight is 130 g/mol. The smallest absolute Gasteiger partial charge is 0.224 e. The molecule has 0 saturated heterocycles. The van der Waals surface area contributed by atoms with E-state index in [0.29, 0.717) is 0 Å². The first-order valence-corrected chi connectivity index (χ1v) is 2.58. The molecule has 8 heavy (non-hydrogen) atoms.